The lowest BCUT2D eigenvalue weighted by atomic mass is 10.1. The number of hydrazone groups is 1. The molecule has 0 radical (unpaired) electrons. The van der Waals surface area contributed by atoms with Crippen LogP contribution in [0.4, 0.5) is 11.4 Å². The van der Waals surface area contributed by atoms with E-state index in [-0.39, 0.29) is 17.5 Å². The number of hydrogen-bond donors (Lipinski definition) is 3. The Morgan fingerprint density at radius 3 is 2.35 bits per heavy atom. The number of rotatable bonds is 10. The van der Waals surface area contributed by atoms with Gasteiger partial charge in [-0.2, -0.15) is 5.10 Å². The second kappa shape index (κ2) is 13.6. The van der Waals surface area contributed by atoms with Gasteiger partial charge in [0.15, 0.2) is 6.61 Å². The minimum absolute atomic E-state index is 0.222. The molecule has 0 aliphatic carbocycles. The summed E-state index contributed by atoms with van der Waals surface area (Å²) in [5.74, 6) is -1.41. The Morgan fingerprint density at radius 1 is 0.892 bits per heavy atom. The molecule has 10 heteroatoms. The third-order valence-electron chi connectivity index (χ3n) is 4.98. The summed E-state index contributed by atoms with van der Waals surface area (Å²) in [5.41, 5.74) is 4.93. The number of para-hydroxylation sites is 2. The molecule has 3 aromatic rings. The van der Waals surface area contributed by atoms with Gasteiger partial charge in [0, 0.05) is 5.69 Å². The van der Waals surface area contributed by atoms with E-state index in [0.29, 0.717) is 35.0 Å². The van der Waals surface area contributed by atoms with Gasteiger partial charge in [-0.3, -0.25) is 14.4 Å². The van der Waals surface area contributed by atoms with Crippen LogP contribution in [-0.4, -0.2) is 37.1 Å². The van der Waals surface area contributed by atoms with Crippen LogP contribution in [0.25, 0.3) is 0 Å². The molecular weight excluding hydrogens is 496 g/mol. The van der Waals surface area contributed by atoms with Gasteiger partial charge in [-0.05, 0) is 66.9 Å². The number of nitrogens with zero attached hydrogens (tertiary/aromatic N) is 1. The lowest BCUT2D eigenvalue weighted by molar-refractivity contribution is -0.136. The molecule has 0 aliphatic rings. The summed E-state index contributed by atoms with van der Waals surface area (Å²) in [5, 5.41) is 9.28. The minimum Gasteiger partial charge on any atom is -0.492 e. The average Bonchev–Trinajstić information content (AvgIpc) is 2.90. The van der Waals surface area contributed by atoms with Crippen molar-refractivity contribution in [1.82, 2.24) is 5.43 Å². The van der Waals surface area contributed by atoms with Crippen LogP contribution in [0.3, 0.4) is 0 Å². The zero-order valence-electron chi connectivity index (χ0n) is 20.4. The third kappa shape index (κ3) is 8.36. The van der Waals surface area contributed by atoms with Crippen LogP contribution in [0.2, 0.25) is 5.02 Å². The van der Waals surface area contributed by atoms with Crippen LogP contribution in [0, 0.1) is 0 Å². The number of halogens is 1. The molecule has 3 N–H and O–H groups in total. The zero-order chi connectivity index (χ0) is 26.6. The van der Waals surface area contributed by atoms with E-state index in [0.717, 1.165) is 6.42 Å². The topological polar surface area (TPSA) is 118 Å². The predicted octanol–water partition coefficient (Wildman–Crippen LogP) is 4.41. The fourth-order valence-corrected chi connectivity index (χ4v) is 3.37. The number of ether oxygens (including phenoxy) is 2. The number of aryl methyl sites for hydroxylation is 1. The molecule has 192 valence electrons. The van der Waals surface area contributed by atoms with E-state index in [1.54, 1.807) is 42.5 Å². The van der Waals surface area contributed by atoms with E-state index in [2.05, 4.69) is 28.1 Å². The van der Waals surface area contributed by atoms with E-state index in [9.17, 15) is 14.4 Å². The SMILES string of the molecule is CCOc1ccccc1NC(=O)C(=O)N/N=C\c1ccc(OCC(=O)Nc2ccc(CC)cc2)c(Cl)c1. The molecule has 0 aliphatic heterocycles. The molecule has 37 heavy (non-hydrogen) atoms. The van der Waals surface area contributed by atoms with Crippen LogP contribution >= 0.6 is 11.6 Å². The Kier molecular flexibility index (Phi) is 10.0. The number of anilines is 2. The predicted molar refractivity (Wildman–Crippen MR) is 143 cm³/mol. The summed E-state index contributed by atoms with van der Waals surface area (Å²) < 4.78 is 10.9. The van der Waals surface area contributed by atoms with Gasteiger partial charge in [0.25, 0.3) is 5.91 Å². The summed E-state index contributed by atoms with van der Waals surface area (Å²) >= 11 is 6.25. The van der Waals surface area contributed by atoms with Gasteiger partial charge in [-0.25, -0.2) is 5.43 Å². The van der Waals surface area contributed by atoms with Crippen LogP contribution < -0.4 is 25.5 Å². The highest BCUT2D eigenvalue weighted by molar-refractivity contribution is 6.39. The van der Waals surface area contributed by atoms with Crippen LogP contribution in [-0.2, 0) is 20.8 Å². The molecule has 0 saturated heterocycles. The maximum absolute atomic E-state index is 12.2. The Hall–Kier alpha value is -4.37. The third-order valence-corrected chi connectivity index (χ3v) is 5.28. The first kappa shape index (κ1) is 27.2. The first-order chi connectivity index (χ1) is 17.9. The van der Waals surface area contributed by atoms with Crippen molar-refractivity contribution < 1.29 is 23.9 Å². The lowest BCUT2D eigenvalue weighted by Crippen LogP contribution is -2.32. The highest BCUT2D eigenvalue weighted by atomic mass is 35.5. The Balaban J connectivity index is 1.48. The van der Waals surface area contributed by atoms with E-state index in [4.69, 9.17) is 21.1 Å². The number of benzene rings is 3. The molecule has 0 saturated carbocycles. The van der Waals surface area contributed by atoms with Crippen LogP contribution in [0.15, 0.2) is 71.8 Å². The van der Waals surface area contributed by atoms with Crippen molar-refractivity contribution >= 4 is 46.9 Å². The number of carbonyl (C=O) groups excluding carboxylic acids is 3. The average molecular weight is 523 g/mol. The van der Waals surface area contributed by atoms with Crippen molar-refractivity contribution in [2.45, 2.75) is 20.3 Å². The smallest absolute Gasteiger partial charge is 0.329 e. The van der Waals surface area contributed by atoms with Crippen LogP contribution in [0.1, 0.15) is 25.0 Å². The Bertz CT molecular complexity index is 1280. The summed E-state index contributed by atoms with van der Waals surface area (Å²) in [7, 11) is 0. The normalized spacial score (nSPS) is 10.6. The Morgan fingerprint density at radius 2 is 1.65 bits per heavy atom. The molecule has 3 aromatic carbocycles. The minimum atomic E-state index is -0.955. The van der Waals surface area contributed by atoms with Crippen molar-refractivity contribution in [2.24, 2.45) is 5.10 Å². The number of carbonyl (C=O) groups is 3. The fraction of sp³-hybridized carbons (Fsp3) is 0.185. The molecule has 3 amide bonds. The maximum Gasteiger partial charge on any atom is 0.329 e. The number of nitrogens with one attached hydrogen (secondary N) is 3. The van der Waals surface area contributed by atoms with Gasteiger partial charge in [0.05, 0.1) is 23.5 Å². The van der Waals surface area contributed by atoms with Crippen LogP contribution in [0.5, 0.6) is 11.5 Å². The summed E-state index contributed by atoms with van der Waals surface area (Å²) in [6.45, 7) is 4.06. The van der Waals surface area contributed by atoms with Crippen molar-refractivity contribution in [3.63, 3.8) is 0 Å². The van der Waals surface area contributed by atoms with Crippen molar-refractivity contribution in [1.29, 1.82) is 0 Å². The summed E-state index contributed by atoms with van der Waals surface area (Å²) in [6, 6.07) is 19.1. The first-order valence-corrected chi connectivity index (χ1v) is 11.9. The van der Waals surface area contributed by atoms with Gasteiger partial charge in [0.1, 0.15) is 11.5 Å². The van der Waals surface area contributed by atoms with Crippen molar-refractivity contribution in [3.05, 3.63) is 82.9 Å². The first-order valence-electron chi connectivity index (χ1n) is 11.6. The van der Waals surface area contributed by atoms with Gasteiger partial charge in [-0.15, -0.1) is 0 Å². The molecule has 0 fully saturated rings. The van der Waals surface area contributed by atoms with E-state index < -0.39 is 11.8 Å². The molecule has 0 heterocycles. The van der Waals surface area contributed by atoms with E-state index in [1.807, 2.05) is 31.2 Å². The molecule has 0 atom stereocenters. The number of amides is 3. The van der Waals surface area contributed by atoms with E-state index >= 15 is 0 Å². The van der Waals surface area contributed by atoms with E-state index in [1.165, 1.54) is 11.8 Å². The van der Waals surface area contributed by atoms with Gasteiger partial charge in [-0.1, -0.05) is 42.8 Å². The van der Waals surface area contributed by atoms with Gasteiger partial charge >= 0.3 is 11.8 Å². The molecule has 0 unspecified atom stereocenters. The van der Waals surface area contributed by atoms with Crippen molar-refractivity contribution in [3.8, 4) is 11.5 Å². The highest BCUT2D eigenvalue weighted by Crippen LogP contribution is 2.25. The molecule has 0 spiro atoms. The maximum atomic E-state index is 12.2. The fourth-order valence-electron chi connectivity index (χ4n) is 3.13. The second-order valence-corrected chi connectivity index (χ2v) is 8.07. The van der Waals surface area contributed by atoms with Gasteiger partial charge < -0.3 is 20.1 Å². The van der Waals surface area contributed by atoms with Gasteiger partial charge in [0.2, 0.25) is 0 Å². The monoisotopic (exact) mass is 522 g/mol. The Labute approximate surface area is 219 Å². The standard InChI is InChI=1S/C27H27ClN4O5/c1-3-18-9-12-20(13-10-18)30-25(33)17-37-23-14-11-19(15-21(23)28)16-29-32-27(35)26(34)31-22-7-5-6-8-24(22)36-4-2/h5-16H,3-4,17H2,1-2H3,(H,30,33)(H,31,34)(H,32,35)/b29-16-. The van der Waals surface area contributed by atoms with Crippen molar-refractivity contribution in [2.75, 3.05) is 23.8 Å². The molecule has 0 aromatic heterocycles. The molecular formula is C27H27ClN4O5. The number of hydrogen-bond acceptors (Lipinski definition) is 6. The summed E-state index contributed by atoms with van der Waals surface area (Å²) in [4.78, 5) is 36.4. The molecule has 9 nitrogen and oxygen atoms in total. The molecule has 3 rings (SSSR count). The quantitative estimate of drug-likeness (QED) is 0.207. The second-order valence-electron chi connectivity index (χ2n) is 7.66. The lowest BCUT2D eigenvalue weighted by Gasteiger charge is -2.10. The zero-order valence-corrected chi connectivity index (χ0v) is 21.2. The molecule has 0 bridgehead atoms. The summed E-state index contributed by atoms with van der Waals surface area (Å²) in [6.07, 6.45) is 2.24. The highest BCUT2D eigenvalue weighted by Gasteiger charge is 2.15. The largest absolute Gasteiger partial charge is 0.492 e.